The van der Waals surface area contributed by atoms with Crippen molar-refractivity contribution < 1.29 is 27.1 Å². The molecule has 0 aromatic rings. The Morgan fingerprint density at radius 1 is 1.00 bits per heavy atom. The van der Waals surface area contributed by atoms with Crippen LogP contribution in [0.15, 0.2) is 0 Å². The van der Waals surface area contributed by atoms with Gasteiger partial charge in [-0.3, -0.25) is 0 Å². The molecule has 0 N–H and O–H groups in total. The van der Waals surface area contributed by atoms with E-state index in [9.17, 15) is 14.4 Å². The molecule has 0 aromatic heterocycles. The molecular weight excluding hydrogens is 310 g/mol. The fourth-order valence-corrected chi connectivity index (χ4v) is 0.362. The van der Waals surface area contributed by atoms with Crippen LogP contribution in [0.1, 0.15) is 0 Å². The summed E-state index contributed by atoms with van der Waals surface area (Å²) in [6.45, 7) is 0. The number of rotatable bonds is 0. The van der Waals surface area contributed by atoms with Crippen LogP contribution in [0, 0.1) is 0 Å². The molecule has 0 saturated heterocycles. The molecule has 0 aliphatic heterocycles. The van der Waals surface area contributed by atoms with E-state index in [4.69, 9.17) is 9.64 Å². The van der Waals surface area contributed by atoms with Crippen molar-refractivity contribution in [3.8, 4) is 0 Å². The second kappa shape index (κ2) is 2.85. The minimum absolute atomic E-state index is 1.14. The summed E-state index contributed by atoms with van der Waals surface area (Å²) in [4.78, 5) is 28.8. The van der Waals surface area contributed by atoms with Crippen LogP contribution in [0.4, 0.5) is 0 Å². The second-order valence-corrected chi connectivity index (χ2v) is 8.86. The van der Waals surface area contributed by atoms with E-state index in [1.54, 1.807) is 0 Å². The molecule has 0 atom stereocenters. The van der Waals surface area contributed by atoms with Crippen LogP contribution in [0.5, 0.6) is 0 Å². The van der Waals surface area contributed by atoms with Crippen molar-refractivity contribution in [2.24, 2.45) is 0 Å². The van der Waals surface area contributed by atoms with Gasteiger partial charge in [-0.2, -0.15) is 0 Å². The standard InChI is InChI=1S/3CO.ClH.Os/c3*1-2;;/h;;;1H;/q;;;;+1/p-1. The third kappa shape index (κ3) is 1.64. The molecule has 0 rings (SSSR count). The molecule has 45 valence electrons. The molecule has 5 heteroatoms. The summed E-state index contributed by atoms with van der Waals surface area (Å²) in [5.74, 6) is 0. The van der Waals surface area contributed by atoms with E-state index in [0.717, 1.165) is 13.3 Å². The Morgan fingerprint density at radius 3 is 1.25 bits per heavy atom. The van der Waals surface area contributed by atoms with E-state index in [0.29, 0.717) is 0 Å². The van der Waals surface area contributed by atoms with Gasteiger partial charge in [0.1, 0.15) is 0 Å². The van der Waals surface area contributed by atoms with Crippen molar-refractivity contribution >= 4 is 22.9 Å². The zero-order valence-electron chi connectivity index (χ0n) is 3.46. The molecular formula is C3ClO3Os. The number of hydrogen-bond acceptors (Lipinski definition) is 3. The Bertz CT molecular complexity index is 276. The molecule has 0 bridgehead atoms. The van der Waals surface area contributed by atoms with Gasteiger partial charge >= 0.3 is 50.0 Å². The third-order valence-electron chi connectivity index (χ3n) is 0.298. The van der Waals surface area contributed by atoms with Gasteiger partial charge in [0.2, 0.25) is 0 Å². The van der Waals surface area contributed by atoms with Crippen molar-refractivity contribution in [1.29, 1.82) is 0 Å². The summed E-state index contributed by atoms with van der Waals surface area (Å²) < 4.78 is 3.42. The van der Waals surface area contributed by atoms with Crippen LogP contribution in [-0.2, 0) is 27.1 Å². The molecule has 8 heavy (non-hydrogen) atoms. The normalized spacial score (nSPS) is 8.62. The van der Waals surface area contributed by atoms with Crippen LogP contribution >= 0.6 is 9.64 Å². The average molecular weight is 310 g/mol. The first-order valence-electron chi connectivity index (χ1n) is 1.28. The molecule has 0 fully saturated rings. The molecule has 0 saturated carbocycles. The summed E-state index contributed by atoms with van der Waals surface area (Å²) in [7, 11) is 5.02. The Hall–Kier alpha value is -0.334. The van der Waals surface area contributed by atoms with Crippen LogP contribution in [0.3, 0.4) is 0 Å². The molecule has 0 amide bonds. The summed E-state index contributed by atoms with van der Waals surface area (Å²) in [6.07, 6.45) is 0. The molecule has 0 aliphatic rings. The summed E-state index contributed by atoms with van der Waals surface area (Å²) >= 11 is -4.13. The maximum absolute atomic E-state index is 9.59. The predicted molar refractivity (Wildman–Crippen MR) is 22.9 cm³/mol. The van der Waals surface area contributed by atoms with Gasteiger partial charge in [-0.15, -0.1) is 0 Å². The zero-order chi connectivity index (χ0) is 6.62. The molecule has 0 unspecified atom stereocenters. The first-order valence-corrected chi connectivity index (χ1v) is 8.23. The summed E-state index contributed by atoms with van der Waals surface area (Å²) in [5, 5.41) is 0. The van der Waals surface area contributed by atoms with E-state index >= 15 is 0 Å². The van der Waals surface area contributed by atoms with E-state index in [-0.39, 0.29) is 0 Å². The van der Waals surface area contributed by atoms with E-state index in [1.165, 1.54) is 0 Å². The molecule has 0 aromatic carbocycles. The van der Waals surface area contributed by atoms with Gasteiger partial charge < -0.3 is 0 Å². The fourth-order valence-electron chi connectivity index (χ4n) is 0.0442. The van der Waals surface area contributed by atoms with Crippen molar-refractivity contribution in [1.82, 2.24) is 0 Å². The van der Waals surface area contributed by atoms with E-state index in [1.807, 2.05) is 0 Å². The van der Waals surface area contributed by atoms with Gasteiger partial charge in [0.05, 0.1) is 0 Å². The van der Waals surface area contributed by atoms with Crippen molar-refractivity contribution in [2.45, 2.75) is 0 Å². The van der Waals surface area contributed by atoms with Crippen LogP contribution in [0.2, 0.25) is 0 Å². The Kier molecular flexibility index (Phi) is 2.73. The van der Waals surface area contributed by atoms with Crippen molar-refractivity contribution in [3.63, 3.8) is 0 Å². The zero-order valence-corrected chi connectivity index (χ0v) is 6.75. The van der Waals surface area contributed by atoms with Gasteiger partial charge in [-0.05, 0) is 0 Å². The SMILES string of the molecule is O=[C]=[Os]([Cl])(=[C]=O)=[C]=O. The van der Waals surface area contributed by atoms with Crippen LogP contribution in [0.25, 0.3) is 0 Å². The fraction of sp³-hybridized carbons (Fsp3) is 0. The monoisotopic (exact) mass is 311 g/mol. The number of hydrogen-bond donors (Lipinski definition) is 0. The Labute approximate surface area is 50.3 Å². The third-order valence-corrected chi connectivity index (χ3v) is 3.78. The predicted octanol–water partition coefficient (Wildman–Crippen LogP) is -0.504. The van der Waals surface area contributed by atoms with Gasteiger partial charge in [0.25, 0.3) is 0 Å². The first kappa shape index (κ1) is 7.67. The van der Waals surface area contributed by atoms with Crippen LogP contribution < -0.4 is 0 Å². The molecule has 0 aliphatic carbocycles. The topological polar surface area (TPSA) is 51.2 Å². The molecule has 0 heterocycles. The van der Waals surface area contributed by atoms with Gasteiger partial charge in [-0.25, -0.2) is 0 Å². The van der Waals surface area contributed by atoms with Crippen molar-refractivity contribution in [3.05, 3.63) is 0 Å². The quantitative estimate of drug-likeness (QED) is 0.606. The first-order chi connectivity index (χ1) is 3.68. The minimum atomic E-state index is -4.13. The van der Waals surface area contributed by atoms with E-state index < -0.39 is 12.7 Å². The van der Waals surface area contributed by atoms with Gasteiger partial charge in [0, 0.05) is 0 Å². The molecule has 3 nitrogen and oxygen atoms in total. The maximum atomic E-state index is 9.59. The number of halogens is 1. The summed E-state index contributed by atoms with van der Waals surface area (Å²) in [6, 6.07) is 0. The van der Waals surface area contributed by atoms with E-state index in [2.05, 4.69) is 0 Å². The second-order valence-electron chi connectivity index (χ2n) is 0.682. The average Bonchev–Trinajstić information content (AvgIpc) is 1.87. The Balaban J connectivity index is 6.52. The molecule has 0 radical (unpaired) electrons. The Morgan fingerprint density at radius 2 is 1.25 bits per heavy atom. The van der Waals surface area contributed by atoms with Crippen LogP contribution in [-0.4, -0.2) is 13.3 Å². The summed E-state index contributed by atoms with van der Waals surface area (Å²) in [5.41, 5.74) is 0. The van der Waals surface area contributed by atoms with Gasteiger partial charge in [0.15, 0.2) is 0 Å². The number of carbonyl (C=O) groups excluding carboxylic acids is 3. The van der Waals surface area contributed by atoms with Gasteiger partial charge in [-0.1, -0.05) is 0 Å². The molecule has 0 spiro atoms. The van der Waals surface area contributed by atoms with Crippen molar-refractivity contribution in [2.75, 3.05) is 0 Å².